The molecule has 0 amide bonds. The van der Waals surface area contributed by atoms with E-state index in [0.717, 1.165) is 19.6 Å². The highest BCUT2D eigenvalue weighted by atomic mass is 16.5. The number of nitrogens with zero attached hydrogens (tertiary/aromatic N) is 1. The van der Waals surface area contributed by atoms with Gasteiger partial charge in [0, 0.05) is 19.6 Å². The highest BCUT2D eigenvalue weighted by Gasteiger charge is 2.16. The average molecular weight is 191 g/mol. The van der Waals surface area contributed by atoms with Gasteiger partial charge in [0.25, 0.3) is 0 Å². The van der Waals surface area contributed by atoms with Crippen LogP contribution in [0, 0.1) is 0 Å². The molecule has 0 atom stereocenters. The quantitative estimate of drug-likeness (QED) is 0.528. The van der Waals surface area contributed by atoms with Crippen molar-refractivity contribution in [1.82, 2.24) is 4.90 Å². The van der Waals surface area contributed by atoms with Gasteiger partial charge < -0.3 is 4.74 Å². The van der Waals surface area contributed by atoms with Gasteiger partial charge in [-0.1, -0.05) is 18.2 Å². The first-order chi connectivity index (χ1) is 6.86. The SMILES string of the molecule is O=C(OCCN1CC1)c1ccccc1. The van der Waals surface area contributed by atoms with Gasteiger partial charge in [-0.3, -0.25) is 4.90 Å². The van der Waals surface area contributed by atoms with Crippen molar-refractivity contribution in [2.24, 2.45) is 0 Å². The molecule has 1 fully saturated rings. The van der Waals surface area contributed by atoms with E-state index in [9.17, 15) is 4.79 Å². The Morgan fingerprint density at radius 1 is 1.29 bits per heavy atom. The zero-order chi connectivity index (χ0) is 9.80. The van der Waals surface area contributed by atoms with Gasteiger partial charge >= 0.3 is 5.97 Å². The van der Waals surface area contributed by atoms with Gasteiger partial charge in [0.2, 0.25) is 0 Å². The van der Waals surface area contributed by atoms with Crippen molar-refractivity contribution >= 4 is 5.97 Å². The van der Waals surface area contributed by atoms with Crippen molar-refractivity contribution in [2.45, 2.75) is 0 Å². The molecule has 1 heterocycles. The lowest BCUT2D eigenvalue weighted by Crippen LogP contribution is -2.13. The fourth-order valence-electron chi connectivity index (χ4n) is 1.22. The molecular formula is C11H13NO2. The van der Waals surface area contributed by atoms with E-state index in [1.807, 2.05) is 18.2 Å². The molecule has 1 aromatic carbocycles. The van der Waals surface area contributed by atoms with Crippen molar-refractivity contribution in [3.63, 3.8) is 0 Å². The molecule has 0 saturated carbocycles. The highest BCUT2D eigenvalue weighted by Crippen LogP contribution is 2.04. The van der Waals surface area contributed by atoms with E-state index in [1.165, 1.54) is 0 Å². The van der Waals surface area contributed by atoms with Crippen molar-refractivity contribution in [2.75, 3.05) is 26.2 Å². The topological polar surface area (TPSA) is 29.3 Å². The monoisotopic (exact) mass is 191 g/mol. The lowest BCUT2D eigenvalue weighted by molar-refractivity contribution is 0.0495. The number of esters is 1. The minimum atomic E-state index is -0.229. The maximum atomic E-state index is 11.4. The lowest BCUT2D eigenvalue weighted by Gasteiger charge is -2.04. The Balaban J connectivity index is 1.77. The molecule has 1 aliphatic heterocycles. The summed E-state index contributed by atoms with van der Waals surface area (Å²) in [6, 6.07) is 9.08. The van der Waals surface area contributed by atoms with Crippen molar-refractivity contribution in [1.29, 1.82) is 0 Å². The Bertz CT molecular complexity index is 306. The molecule has 0 radical (unpaired) electrons. The molecular weight excluding hydrogens is 178 g/mol. The molecule has 1 aliphatic rings. The first-order valence-electron chi connectivity index (χ1n) is 4.81. The van der Waals surface area contributed by atoms with Crippen LogP contribution in [0.3, 0.4) is 0 Å². The van der Waals surface area contributed by atoms with Crippen LogP contribution >= 0.6 is 0 Å². The van der Waals surface area contributed by atoms with Crippen LogP contribution in [0.5, 0.6) is 0 Å². The van der Waals surface area contributed by atoms with E-state index < -0.39 is 0 Å². The standard InChI is InChI=1S/C11H13NO2/c13-11(10-4-2-1-3-5-10)14-9-8-12-6-7-12/h1-5H,6-9H2. The van der Waals surface area contributed by atoms with E-state index in [2.05, 4.69) is 4.90 Å². The molecule has 74 valence electrons. The summed E-state index contributed by atoms with van der Waals surface area (Å²) in [4.78, 5) is 13.6. The van der Waals surface area contributed by atoms with Crippen molar-refractivity contribution in [3.05, 3.63) is 35.9 Å². The summed E-state index contributed by atoms with van der Waals surface area (Å²) >= 11 is 0. The van der Waals surface area contributed by atoms with Crippen LogP contribution in [-0.4, -0.2) is 37.1 Å². The van der Waals surface area contributed by atoms with E-state index in [0.29, 0.717) is 12.2 Å². The van der Waals surface area contributed by atoms with Gasteiger partial charge in [-0.25, -0.2) is 4.79 Å². The third-order valence-corrected chi connectivity index (χ3v) is 2.19. The Morgan fingerprint density at radius 3 is 2.64 bits per heavy atom. The minimum absolute atomic E-state index is 0.229. The molecule has 14 heavy (non-hydrogen) atoms. The smallest absolute Gasteiger partial charge is 0.338 e. The number of carbonyl (C=O) groups is 1. The maximum Gasteiger partial charge on any atom is 0.338 e. The number of ether oxygens (including phenoxy) is 1. The molecule has 0 aliphatic carbocycles. The van der Waals surface area contributed by atoms with E-state index in [4.69, 9.17) is 4.74 Å². The van der Waals surface area contributed by atoms with E-state index >= 15 is 0 Å². The average Bonchev–Trinajstić information content (AvgIpc) is 3.03. The molecule has 2 rings (SSSR count). The minimum Gasteiger partial charge on any atom is -0.461 e. The molecule has 0 spiro atoms. The van der Waals surface area contributed by atoms with Crippen LogP contribution in [0.15, 0.2) is 30.3 Å². The largest absolute Gasteiger partial charge is 0.461 e. The lowest BCUT2D eigenvalue weighted by atomic mass is 10.2. The number of carbonyl (C=O) groups excluding carboxylic acids is 1. The summed E-state index contributed by atoms with van der Waals surface area (Å²) in [6.45, 7) is 3.64. The van der Waals surface area contributed by atoms with Gasteiger partial charge in [0.05, 0.1) is 5.56 Å². The Kier molecular flexibility index (Phi) is 2.79. The first-order valence-corrected chi connectivity index (χ1v) is 4.81. The van der Waals surface area contributed by atoms with Gasteiger partial charge in [0.1, 0.15) is 6.61 Å². The predicted molar refractivity (Wildman–Crippen MR) is 53.2 cm³/mol. The number of rotatable bonds is 4. The maximum absolute atomic E-state index is 11.4. The summed E-state index contributed by atoms with van der Waals surface area (Å²) in [6.07, 6.45) is 0. The van der Waals surface area contributed by atoms with Crippen LogP contribution in [-0.2, 0) is 4.74 Å². The van der Waals surface area contributed by atoms with Crippen LogP contribution < -0.4 is 0 Å². The van der Waals surface area contributed by atoms with Gasteiger partial charge in [-0.05, 0) is 12.1 Å². The summed E-state index contributed by atoms with van der Waals surface area (Å²) < 4.78 is 5.10. The van der Waals surface area contributed by atoms with Crippen molar-refractivity contribution in [3.8, 4) is 0 Å². The van der Waals surface area contributed by atoms with Gasteiger partial charge in [-0.15, -0.1) is 0 Å². The fraction of sp³-hybridized carbons (Fsp3) is 0.364. The fourth-order valence-corrected chi connectivity index (χ4v) is 1.22. The molecule has 0 unspecified atom stereocenters. The van der Waals surface area contributed by atoms with Crippen molar-refractivity contribution < 1.29 is 9.53 Å². The molecule has 0 N–H and O–H groups in total. The molecule has 1 aromatic rings. The summed E-state index contributed by atoms with van der Waals surface area (Å²) in [5.41, 5.74) is 0.623. The second kappa shape index (κ2) is 4.24. The Labute approximate surface area is 83.3 Å². The second-order valence-corrected chi connectivity index (χ2v) is 3.34. The Hall–Kier alpha value is -1.35. The predicted octanol–water partition coefficient (Wildman–Crippen LogP) is 1.16. The zero-order valence-electron chi connectivity index (χ0n) is 7.98. The number of hydrogen-bond donors (Lipinski definition) is 0. The Morgan fingerprint density at radius 2 is 2.00 bits per heavy atom. The molecule has 3 nitrogen and oxygen atoms in total. The van der Waals surface area contributed by atoms with Crippen LogP contribution in [0.4, 0.5) is 0 Å². The first kappa shape index (κ1) is 9.21. The van der Waals surface area contributed by atoms with Gasteiger partial charge in [-0.2, -0.15) is 0 Å². The molecule has 1 saturated heterocycles. The zero-order valence-corrected chi connectivity index (χ0v) is 7.98. The number of hydrogen-bond acceptors (Lipinski definition) is 3. The third-order valence-electron chi connectivity index (χ3n) is 2.19. The van der Waals surface area contributed by atoms with Crippen LogP contribution in [0.2, 0.25) is 0 Å². The highest BCUT2D eigenvalue weighted by molar-refractivity contribution is 5.89. The summed E-state index contributed by atoms with van der Waals surface area (Å²) in [7, 11) is 0. The summed E-state index contributed by atoms with van der Waals surface area (Å²) in [5.74, 6) is -0.229. The van der Waals surface area contributed by atoms with E-state index in [-0.39, 0.29) is 5.97 Å². The third kappa shape index (κ3) is 2.57. The molecule has 0 aromatic heterocycles. The van der Waals surface area contributed by atoms with Crippen LogP contribution in [0.25, 0.3) is 0 Å². The number of benzene rings is 1. The molecule has 3 heteroatoms. The second-order valence-electron chi connectivity index (χ2n) is 3.34. The normalized spacial score (nSPS) is 15.1. The van der Waals surface area contributed by atoms with Gasteiger partial charge in [0.15, 0.2) is 0 Å². The van der Waals surface area contributed by atoms with Crippen LogP contribution in [0.1, 0.15) is 10.4 Å². The summed E-state index contributed by atoms with van der Waals surface area (Å²) in [5, 5.41) is 0. The van der Waals surface area contributed by atoms with E-state index in [1.54, 1.807) is 12.1 Å². The molecule has 0 bridgehead atoms.